The monoisotopic (exact) mass is 417 g/mol. The van der Waals surface area contributed by atoms with Crippen LogP contribution in [0, 0.1) is 0 Å². The standard InChI is InChI=1S/C19H19N3O8/c23-9-12-14(25)15(18(30-12)22-6-5-13(24)20-19(22)28)29-8-7-21-16(26)10-3-1-2-4-11(10)17(21)27/h1-6,12,14-15,18,23,25H,7-9H2,(H,20,24,28)/t12-,14-,15-,18-/m1/s1. The van der Waals surface area contributed by atoms with Gasteiger partial charge in [-0.25, -0.2) is 4.79 Å². The molecule has 3 N–H and O–H groups in total. The van der Waals surface area contributed by atoms with Crippen molar-refractivity contribution in [1.29, 1.82) is 0 Å². The number of aliphatic hydroxyl groups is 2. The first kappa shape index (κ1) is 20.2. The first-order valence-corrected chi connectivity index (χ1v) is 9.25. The zero-order chi connectivity index (χ0) is 21.4. The van der Waals surface area contributed by atoms with Gasteiger partial charge in [-0.3, -0.25) is 28.8 Å². The number of imide groups is 1. The van der Waals surface area contributed by atoms with Crippen LogP contribution in [-0.4, -0.2) is 74.5 Å². The first-order valence-electron chi connectivity index (χ1n) is 9.25. The number of nitrogens with one attached hydrogen (secondary N) is 1. The number of ether oxygens (including phenoxy) is 2. The molecule has 2 aromatic rings. The Morgan fingerprint density at radius 3 is 2.33 bits per heavy atom. The van der Waals surface area contributed by atoms with Crippen LogP contribution < -0.4 is 11.2 Å². The number of benzene rings is 1. The average molecular weight is 417 g/mol. The molecule has 3 heterocycles. The van der Waals surface area contributed by atoms with E-state index in [9.17, 15) is 29.4 Å². The largest absolute Gasteiger partial charge is 0.394 e. The van der Waals surface area contributed by atoms with Crippen molar-refractivity contribution in [3.8, 4) is 0 Å². The molecule has 1 aromatic heterocycles. The molecule has 2 amide bonds. The van der Waals surface area contributed by atoms with Gasteiger partial charge in [0.05, 0.1) is 30.9 Å². The summed E-state index contributed by atoms with van der Waals surface area (Å²) in [6.45, 7) is -0.732. The molecule has 158 valence electrons. The third kappa shape index (κ3) is 3.37. The Morgan fingerprint density at radius 1 is 1.07 bits per heavy atom. The number of aromatic nitrogens is 2. The number of carbonyl (C=O) groups excluding carboxylic acids is 2. The predicted octanol–water partition coefficient (Wildman–Crippen LogP) is -1.53. The van der Waals surface area contributed by atoms with Crippen LogP contribution in [-0.2, 0) is 9.47 Å². The van der Waals surface area contributed by atoms with Gasteiger partial charge >= 0.3 is 5.69 Å². The lowest BCUT2D eigenvalue weighted by molar-refractivity contribution is -0.0754. The highest BCUT2D eigenvalue weighted by molar-refractivity contribution is 6.21. The second kappa shape index (κ2) is 7.95. The molecule has 4 rings (SSSR count). The predicted molar refractivity (Wildman–Crippen MR) is 99.9 cm³/mol. The van der Waals surface area contributed by atoms with Crippen LogP contribution in [0.3, 0.4) is 0 Å². The van der Waals surface area contributed by atoms with Crippen LogP contribution in [0.4, 0.5) is 0 Å². The molecule has 0 aliphatic carbocycles. The van der Waals surface area contributed by atoms with E-state index in [0.29, 0.717) is 11.1 Å². The number of hydrogen-bond acceptors (Lipinski definition) is 8. The van der Waals surface area contributed by atoms with E-state index in [0.717, 1.165) is 15.5 Å². The molecule has 0 radical (unpaired) electrons. The molecule has 11 nitrogen and oxygen atoms in total. The SMILES string of the molecule is O=C1c2ccccc2C(=O)N1CCO[C@@H]1[C@H](O)[C@@H](CO)O[C@H]1n1ccc(=O)[nH]c1=O. The lowest BCUT2D eigenvalue weighted by Gasteiger charge is -2.23. The zero-order valence-corrected chi connectivity index (χ0v) is 15.6. The molecule has 11 heteroatoms. The maximum absolute atomic E-state index is 12.4. The van der Waals surface area contributed by atoms with Gasteiger partial charge < -0.3 is 19.7 Å². The van der Waals surface area contributed by atoms with Crippen molar-refractivity contribution in [2.45, 2.75) is 24.5 Å². The quantitative estimate of drug-likeness (QED) is 0.479. The summed E-state index contributed by atoms with van der Waals surface area (Å²) in [6.07, 6.45) is -3.30. The summed E-state index contributed by atoms with van der Waals surface area (Å²) < 4.78 is 12.2. The molecular weight excluding hydrogens is 398 g/mol. The number of fused-ring (bicyclic) bond motifs is 1. The van der Waals surface area contributed by atoms with Crippen LogP contribution in [0.2, 0.25) is 0 Å². The van der Waals surface area contributed by atoms with Gasteiger partial charge in [-0.1, -0.05) is 12.1 Å². The second-order valence-electron chi connectivity index (χ2n) is 6.90. The Hall–Kier alpha value is -3.12. The minimum absolute atomic E-state index is 0.0768. The third-order valence-electron chi connectivity index (χ3n) is 5.12. The van der Waals surface area contributed by atoms with Crippen LogP contribution >= 0.6 is 0 Å². The van der Waals surface area contributed by atoms with Gasteiger partial charge in [0.1, 0.15) is 18.3 Å². The van der Waals surface area contributed by atoms with E-state index in [4.69, 9.17) is 9.47 Å². The Morgan fingerprint density at radius 2 is 1.73 bits per heavy atom. The molecule has 1 saturated heterocycles. The fraction of sp³-hybridized carbons (Fsp3) is 0.368. The van der Waals surface area contributed by atoms with Gasteiger partial charge in [-0.2, -0.15) is 0 Å². The third-order valence-corrected chi connectivity index (χ3v) is 5.12. The molecule has 2 aliphatic heterocycles. The molecule has 4 atom stereocenters. The number of carbonyl (C=O) groups is 2. The minimum atomic E-state index is -1.28. The lowest BCUT2D eigenvalue weighted by atomic mass is 10.1. The van der Waals surface area contributed by atoms with Crippen molar-refractivity contribution in [3.05, 3.63) is 68.5 Å². The van der Waals surface area contributed by atoms with E-state index in [1.165, 1.54) is 6.20 Å². The number of aliphatic hydroxyl groups excluding tert-OH is 2. The summed E-state index contributed by atoms with van der Waals surface area (Å²) in [6, 6.07) is 7.57. The van der Waals surface area contributed by atoms with Crippen LogP contribution in [0.15, 0.2) is 46.1 Å². The molecule has 0 bridgehead atoms. The summed E-state index contributed by atoms with van der Waals surface area (Å²) >= 11 is 0. The Balaban J connectivity index is 1.48. The molecule has 1 aromatic carbocycles. The summed E-state index contributed by atoms with van der Waals surface area (Å²) in [5.74, 6) is -0.881. The smallest absolute Gasteiger partial charge is 0.330 e. The summed E-state index contributed by atoms with van der Waals surface area (Å²) in [7, 11) is 0. The molecule has 0 spiro atoms. The molecule has 0 saturated carbocycles. The van der Waals surface area contributed by atoms with Gasteiger partial charge in [0, 0.05) is 12.3 Å². The van der Waals surface area contributed by atoms with Gasteiger partial charge in [0.2, 0.25) is 0 Å². The van der Waals surface area contributed by atoms with Crippen molar-refractivity contribution >= 4 is 11.8 Å². The van der Waals surface area contributed by atoms with E-state index in [1.807, 2.05) is 0 Å². The van der Waals surface area contributed by atoms with Gasteiger partial charge in [-0.15, -0.1) is 0 Å². The molecular formula is C19H19N3O8. The van der Waals surface area contributed by atoms with Crippen LogP contribution in [0.5, 0.6) is 0 Å². The fourth-order valence-electron chi connectivity index (χ4n) is 3.62. The van der Waals surface area contributed by atoms with Crippen molar-refractivity contribution in [2.75, 3.05) is 19.8 Å². The highest BCUT2D eigenvalue weighted by atomic mass is 16.6. The maximum atomic E-state index is 12.4. The van der Waals surface area contributed by atoms with Crippen LogP contribution in [0.1, 0.15) is 26.9 Å². The fourth-order valence-corrected chi connectivity index (χ4v) is 3.62. The number of H-pyrrole nitrogens is 1. The summed E-state index contributed by atoms with van der Waals surface area (Å²) in [5, 5.41) is 19.8. The molecule has 0 unspecified atom stereocenters. The Bertz CT molecular complexity index is 1060. The number of aromatic amines is 1. The normalized spacial score (nSPS) is 25.7. The Labute approximate surface area is 169 Å². The number of hydrogen-bond donors (Lipinski definition) is 3. The molecule has 2 aliphatic rings. The van der Waals surface area contributed by atoms with E-state index in [2.05, 4.69) is 4.98 Å². The second-order valence-corrected chi connectivity index (χ2v) is 6.90. The van der Waals surface area contributed by atoms with Crippen molar-refractivity contribution in [2.24, 2.45) is 0 Å². The van der Waals surface area contributed by atoms with Crippen molar-refractivity contribution < 1.29 is 29.3 Å². The van der Waals surface area contributed by atoms with E-state index in [1.54, 1.807) is 24.3 Å². The number of nitrogens with zero attached hydrogens (tertiary/aromatic N) is 2. The summed E-state index contributed by atoms with van der Waals surface area (Å²) in [5.41, 5.74) is -0.752. The maximum Gasteiger partial charge on any atom is 0.330 e. The van der Waals surface area contributed by atoms with Crippen molar-refractivity contribution in [3.63, 3.8) is 0 Å². The lowest BCUT2D eigenvalue weighted by Crippen LogP contribution is -2.41. The molecule has 30 heavy (non-hydrogen) atoms. The average Bonchev–Trinajstić information content (AvgIpc) is 3.17. The first-order chi connectivity index (χ1) is 14.4. The Kier molecular flexibility index (Phi) is 5.35. The topological polar surface area (TPSA) is 151 Å². The van der Waals surface area contributed by atoms with Crippen molar-refractivity contribution in [1.82, 2.24) is 14.5 Å². The number of amides is 2. The zero-order valence-electron chi connectivity index (χ0n) is 15.6. The van der Waals surface area contributed by atoms with E-state index >= 15 is 0 Å². The summed E-state index contributed by atoms with van der Waals surface area (Å²) in [4.78, 5) is 51.4. The molecule has 1 fully saturated rings. The van der Waals surface area contributed by atoms with Gasteiger partial charge in [0.15, 0.2) is 6.23 Å². The highest BCUT2D eigenvalue weighted by Crippen LogP contribution is 2.31. The van der Waals surface area contributed by atoms with E-state index in [-0.39, 0.29) is 13.2 Å². The van der Waals surface area contributed by atoms with E-state index < -0.39 is 54.2 Å². The van der Waals surface area contributed by atoms with Gasteiger partial charge in [-0.05, 0) is 12.1 Å². The highest BCUT2D eigenvalue weighted by Gasteiger charge is 2.46. The number of rotatable bonds is 6. The van der Waals surface area contributed by atoms with Gasteiger partial charge in [0.25, 0.3) is 17.4 Å². The van der Waals surface area contributed by atoms with Crippen LogP contribution in [0.25, 0.3) is 0 Å². The minimum Gasteiger partial charge on any atom is -0.394 e.